The van der Waals surface area contributed by atoms with Gasteiger partial charge in [0.15, 0.2) is 0 Å². The van der Waals surface area contributed by atoms with Crippen LogP contribution < -0.4 is 10.2 Å². The second-order valence-corrected chi connectivity index (χ2v) is 5.93. The van der Waals surface area contributed by atoms with Crippen LogP contribution in [0.1, 0.15) is 10.4 Å². The first-order valence-corrected chi connectivity index (χ1v) is 7.28. The van der Waals surface area contributed by atoms with Gasteiger partial charge in [0.2, 0.25) is 0 Å². The van der Waals surface area contributed by atoms with E-state index in [1.54, 1.807) is 6.07 Å². The number of hydrogen-bond acceptors (Lipinski definition) is 3. The standard InChI is InChI=1S/C15H15BrN2OS/c1-18(2)11-5-3-4-10(8-11)17-15(19)13-9-12(20)6-7-14(13)16/h3-9,20H,1-2H3,(H,17,19). The maximum absolute atomic E-state index is 12.3. The lowest BCUT2D eigenvalue weighted by atomic mass is 10.2. The van der Waals surface area contributed by atoms with Crippen molar-refractivity contribution in [2.75, 3.05) is 24.3 Å². The molecule has 0 unspecified atom stereocenters. The van der Waals surface area contributed by atoms with Gasteiger partial charge in [0.1, 0.15) is 0 Å². The Morgan fingerprint density at radius 1 is 1.20 bits per heavy atom. The van der Waals surface area contributed by atoms with Crippen LogP contribution in [0.25, 0.3) is 0 Å². The Morgan fingerprint density at radius 2 is 1.95 bits per heavy atom. The van der Waals surface area contributed by atoms with Gasteiger partial charge in [-0.15, -0.1) is 12.6 Å². The van der Waals surface area contributed by atoms with E-state index in [1.807, 2.05) is 55.4 Å². The predicted octanol–water partition coefficient (Wildman–Crippen LogP) is 4.06. The molecule has 0 atom stereocenters. The molecule has 0 aliphatic carbocycles. The highest BCUT2D eigenvalue weighted by Crippen LogP contribution is 2.23. The summed E-state index contributed by atoms with van der Waals surface area (Å²) in [6.07, 6.45) is 0. The largest absolute Gasteiger partial charge is 0.378 e. The Balaban J connectivity index is 2.23. The Morgan fingerprint density at radius 3 is 2.65 bits per heavy atom. The van der Waals surface area contributed by atoms with Crippen LogP contribution in [0, 0.1) is 0 Å². The monoisotopic (exact) mass is 350 g/mol. The molecule has 0 saturated carbocycles. The molecule has 0 heterocycles. The Labute approximate surface area is 132 Å². The number of carbonyl (C=O) groups excluding carboxylic acids is 1. The molecule has 0 bridgehead atoms. The van der Waals surface area contributed by atoms with Crippen LogP contribution in [-0.4, -0.2) is 20.0 Å². The number of carbonyl (C=O) groups is 1. The quantitative estimate of drug-likeness (QED) is 0.818. The maximum atomic E-state index is 12.3. The molecule has 0 aromatic heterocycles. The fourth-order valence-corrected chi connectivity index (χ4v) is 2.38. The number of nitrogens with zero attached hydrogens (tertiary/aromatic N) is 1. The molecule has 0 saturated heterocycles. The maximum Gasteiger partial charge on any atom is 0.256 e. The number of thiol groups is 1. The van der Waals surface area contributed by atoms with Crippen LogP contribution in [0.4, 0.5) is 11.4 Å². The van der Waals surface area contributed by atoms with Crippen molar-refractivity contribution in [2.45, 2.75) is 4.90 Å². The van der Waals surface area contributed by atoms with Gasteiger partial charge in [-0.25, -0.2) is 0 Å². The Bertz CT molecular complexity index is 644. The first kappa shape index (κ1) is 14.9. The smallest absolute Gasteiger partial charge is 0.256 e. The molecule has 0 radical (unpaired) electrons. The van der Waals surface area contributed by atoms with Gasteiger partial charge in [-0.3, -0.25) is 4.79 Å². The lowest BCUT2D eigenvalue weighted by Crippen LogP contribution is -2.14. The fourth-order valence-electron chi connectivity index (χ4n) is 1.75. The number of benzene rings is 2. The van der Waals surface area contributed by atoms with Gasteiger partial charge in [0, 0.05) is 34.8 Å². The van der Waals surface area contributed by atoms with Gasteiger partial charge in [-0.2, -0.15) is 0 Å². The van der Waals surface area contributed by atoms with Crippen molar-refractivity contribution >= 4 is 45.8 Å². The first-order valence-electron chi connectivity index (χ1n) is 6.04. The zero-order chi connectivity index (χ0) is 14.7. The van der Waals surface area contributed by atoms with E-state index in [0.29, 0.717) is 5.56 Å². The van der Waals surface area contributed by atoms with Crippen LogP contribution in [0.5, 0.6) is 0 Å². The Kier molecular flexibility index (Phi) is 4.73. The molecule has 5 heteroatoms. The predicted molar refractivity (Wildman–Crippen MR) is 90.1 cm³/mol. The molecule has 0 aliphatic heterocycles. The lowest BCUT2D eigenvalue weighted by molar-refractivity contribution is 0.102. The molecular formula is C15H15BrN2OS. The third-order valence-corrected chi connectivity index (χ3v) is 3.78. The zero-order valence-electron chi connectivity index (χ0n) is 11.2. The van der Waals surface area contributed by atoms with Gasteiger partial charge < -0.3 is 10.2 Å². The van der Waals surface area contributed by atoms with E-state index in [4.69, 9.17) is 0 Å². The summed E-state index contributed by atoms with van der Waals surface area (Å²) in [5.41, 5.74) is 2.36. The van der Waals surface area contributed by atoms with Crippen molar-refractivity contribution < 1.29 is 4.79 Å². The van der Waals surface area contributed by atoms with Gasteiger partial charge in [0.25, 0.3) is 5.91 Å². The molecule has 104 valence electrons. The molecule has 2 aromatic carbocycles. The van der Waals surface area contributed by atoms with Gasteiger partial charge >= 0.3 is 0 Å². The minimum atomic E-state index is -0.163. The molecular weight excluding hydrogens is 336 g/mol. The number of halogens is 1. The van der Waals surface area contributed by atoms with Crippen molar-refractivity contribution in [3.63, 3.8) is 0 Å². The van der Waals surface area contributed by atoms with E-state index in [-0.39, 0.29) is 5.91 Å². The summed E-state index contributed by atoms with van der Waals surface area (Å²) in [5.74, 6) is -0.163. The SMILES string of the molecule is CN(C)c1cccc(NC(=O)c2cc(S)ccc2Br)c1. The van der Waals surface area contributed by atoms with Crippen molar-refractivity contribution in [1.29, 1.82) is 0 Å². The van der Waals surface area contributed by atoms with Gasteiger partial charge in [0.05, 0.1) is 5.56 Å². The molecule has 2 rings (SSSR count). The van der Waals surface area contributed by atoms with Crippen LogP contribution in [0.2, 0.25) is 0 Å². The van der Waals surface area contributed by atoms with Crippen molar-refractivity contribution in [3.8, 4) is 0 Å². The summed E-state index contributed by atoms with van der Waals surface area (Å²) in [7, 11) is 3.92. The van der Waals surface area contributed by atoms with E-state index in [1.165, 1.54) is 0 Å². The third kappa shape index (κ3) is 3.55. The summed E-state index contributed by atoms with van der Waals surface area (Å²) >= 11 is 7.64. The normalized spacial score (nSPS) is 10.2. The fraction of sp³-hybridized carbons (Fsp3) is 0.133. The summed E-state index contributed by atoms with van der Waals surface area (Å²) in [6.45, 7) is 0. The molecule has 2 aromatic rings. The molecule has 1 amide bonds. The highest BCUT2D eigenvalue weighted by Gasteiger charge is 2.11. The lowest BCUT2D eigenvalue weighted by Gasteiger charge is -2.14. The molecule has 1 N–H and O–H groups in total. The highest BCUT2D eigenvalue weighted by molar-refractivity contribution is 9.10. The molecule has 0 aliphatic rings. The average molecular weight is 351 g/mol. The second kappa shape index (κ2) is 6.33. The number of hydrogen-bond donors (Lipinski definition) is 2. The topological polar surface area (TPSA) is 32.3 Å². The van der Waals surface area contributed by atoms with E-state index in [2.05, 4.69) is 33.9 Å². The summed E-state index contributed by atoms with van der Waals surface area (Å²) in [4.78, 5) is 15.0. The average Bonchev–Trinajstić information content (AvgIpc) is 2.41. The van der Waals surface area contributed by atoms with E-state index in [9.17, 15) is 4.79 Å². The van der Waals surface area contributed by atoms with Gasteiger partial charge in [-0.1, -0.05) is 6.07 Å². The number of nitrogens with one attached hydrogen (secondary N) is 1. The van der Waals surface area contributed by atoms with Crippen molar-refractivity contribution in [1.82, 2.24) is 0 Å². The second-order valence-electron chi connectivity index (χ2n) is 4.56. The third-order valence-electron chi connectivity index (χ3n) is 2.81. The van der Waals surface area contributed by atoms with Crippen LogP contribution in [0.15, 0.2) is 51.8 Å². The number of amides is 1. The van der Waals surface area contributed by atoms with Gasteiger partial charge in [-0.05, 0) is 52.3 Å². The van der Waals surface area contributed by atoms with E-state index >= 15 is 0 Å². The first-order chi connectivity index (χ1) is 9.47. The van der Waals surface area contributed by atoms with Crippen LogP contribution in [-0.2, 0) is 0 Å². The summed E-state index contributed by atoms with van der Waals surface area (Å²) in [5, 5.41) is 2.89. The van der Waals surface area contributed by atoms with E-state index in [0.717, 1.165) is 20.7 Å². The van der Waals surface area contributed by atoms with Crippen LogP contribution >= 0.6 is 28.6 Å². The molecule has 3 nitrogen and oxygen atoms in total. The zero-order valence-corrected chi connectivity index (χ0v) is 13.7. The molecule has 0 spiro atoms. The Hall–Kier alpha value is -1.46. The number of rotatable bonds is 3. The van der Waals surface area contributed by atoms with E-state index < -0.39 is 0 Å². The number of anilines is 2. The minimum Gasteiger partial charge on any atom is -0.378 e. The summed E-state index contributed by atoms with van der Waals surface area (Å²) < 4.78 is 0.747. The minimum absolute atomic E-state index is 0.163. The van der Waals surface area contributed by atoms with Crippen molar-refractivity contribution in [3.05, 3.63) is 52.5 Å². The summed E-state index contributed by atoms with van der Waals surface area (Å²) in [6, 6.07) is 13.1. The van der Waals surface area contributed by atoms with Crippen molar-refractivity contribution in [2.24, 2.45) is 0 Å². The van der Waals surface area contributed by atoms with Crippen LogP contribution in [0.3, 0.4) is 0 Å². The highest BCUT2D eigenvalue weighted by atomic mass is 79.9. The molecule has 0 fully saturated rings. The molecule has 20 heavy (non-hydrogen) atoms.